The van der Waals surface area contributed by atoms with Gasteiger partial charge in [-0.2, -0.15) is 0 Å². The molecule has 0 N–H and O–H groups in total. The van der Waals surface area contributed by atoms with E-state index in [4.69, 9.17) is 4.42 Å². The van der Waals surface area contributed by atoms with Crippen LogP contribution in [-0.4, -0.2) is 22.1 Å². The highest BCUT2D eigenvalue weighted by Crippen LogP contribution is 2.23. The van der Waals surface area contributed by atoms with E-state index in [0.717, 1.165) is 11.6 Å². The van der Waals surface area contributed by atoms with E-state index in [1.807, 2.05) is 49.2 Å². The van der Waals surface area contributed by atoms with E-state index >= 15 is 0 Å². The summed E-state index contributed by atoms with van der Waals surface area (Å²) in [4.78, 5) is 1.93. The van der Waals surface area contributed by atoms with Crippen molar-refractivity contribution in [2.45, 2.75) is 19.5 Å². The van der Waals surface area contributed by atoms with Crippen LogP contribution in [0.3, 0.4) is 0 Å². The predicted molar refractivity (Wildman–Crippen MR) is 86.0 cm³/mol. The number of benzene rings is 2. The molecule has 4 nitrogen and oxygen atoms in total. The van der Waals surface area contributed by atoms with Crippen molar-refractivity contribution < 1.29 is 13.2 Å². The average molecular weight is 329 g/mol. The van der Waals surface area contributed by atoms with Gasteiger partial charge in [-0.15, -0.1) is 10.2 Å². The molecule has 0 saturated carbocycles. The van der Waals surface area contributed by atoms with Crippen LogP contribution in [-0.2, 0) is 6.54 Å². The average Bonchev–Trinajstić information content (AvgIpc) is 3.06. The smallest absolute Gasteiger partial charge is 0.247 e. The number of hydrogen-bond acceptors (Lipinski definition) is 4. The quantitative estimate of drug-likeness (QED) is 0.703. The topological polar surface area (TPSA) is 42.2 Å². The number of halogens is 2. The van der Waals surface area contributed by atoms with Crippen molar-refractivity contribution in [2.24, 2.45) is 0 Å². The predicted octanol–water partition coefficient (Wildman–Crippen LogP) is 4.21. The van der Waals surface area contributed by atoms with Crippen LogP contribution in [0.2, 0.25) is 0 Å². The lowest BCUT2D eigenvalue weighted by Gasteiger charge is -2.23. The first-order valence-corrected chi connectivity index (χ1v) is 7.57. The molecule has 124 valence electrons. The van der Waals surface area contributed by atoms with Crippen LogP contribution >= 0.6 is 0 Å². The highest BCUT2D eigenvalue weighted by atomic mass is 19.2. The second-order valence-corrected chi connectivity index (χ2v) is 5.63. The monoisotopic (exact) mass is 329 g/mol. The fourth-order valence-corrected chi connectivity index (χ4v) is 2.39. The summed E-state index contributed by atoms with van der Waals surface area (Å²) in [5.74, 6) is -0.778. The molecule has 0 aliphatic heterocycles. The second-order valence-electron chi connectivity index (χ2n) is 5.63. The Labute approximate surface area is 138 Å². The summed E-state index contributed by atoms with van der Waals surface area (Å²) < 4.78 is 32.1. The molecule has 0 saturated heterocycles. The Morgan fingerprint density at radius 1 is 1.04 bits per heavy atom. The molecule has 0 spiro atoms. The second kappa shape index (κ2) is 6.88. The van der Waals surface area contributed by atoms with Crippen LogP contribution in [0.25, 0.3) is 11.5 Å². The minimum absolute atomic E-state index is 0.132. The van der Waals surface area contributed by atoms with Crippen molar-refractivity contribution in [3.8, 4) is 11.5 Å². The van der Waals surface area contributed by atoms with Crippen molar-refractivity contribution in [3.63, 3.8) is 0 Å². The number of rotatable bonds is 5. The fourth-order valence-electron chi connectivity index (χ4n) is 2.39. The van der Waals surface area contributed by atoms with Crippen molar-refractivity contribution in [1.29, 1.82) is 0 Å². The first-order chi connectivity index (χ1) is 11.5. The van der Waals surface area contributed by atoms with Gasteiger partial charge < -0.3 is 4.42 Å². The zero-order valence-corrected chi connectivity index (χ0v) is 13.4. The van der Waals surface area contributed by atoms with Crippen molar-refractivity contribution in [2.75, 3.05) is 7.05 Å². The maximum atomic E-state index is 13.4. The third-order valence-electron chi connectivity index (χ3n) is 3.96. The minimum atomic E-state index is -0.850. The molecular weight excluding hydrogens is 312 g/mol. The Hall–Kier alpha value is -2.60. The van der Waals surface area contributed by atoms with E-state index in [-0.39, 0.29) is 6.04 Å². The van der Waals surface area contributed by atoms with Crippen LogP contribution in [0, 0.1) is 11.6 Å². The van der Waals surface area contributed by atoms with E-state index in [1.165, 1.54) is 6.07 Å². The molecule has 24 heavy (non-hydrogen) atoms. The Balaban J connectivity index is 1.71. The Morgan fingerprint density at radius 3 is 2.50 bits per heavy atom. The molecule has 0 aliphatic carbocycles. The van der Waals surface area contributed by atoms with E-state index < -0.39 is 11.6 Å². The van der Waals surface area contributed by atoms with Gasteiger partial charge in [0, 0.05) is 11.6 Å². The molecule has 0 radical (unpaired) electrons. The molecule has 3 rings (SSSR count). The first kappa shape index (κ1) is 16.3. The van der Waals surface area contributed by atoms with Gasteiger partial charge in [-0.25, -0.2) is 8.78 Å². The van der Waals surface area contributed by atoms with Gasteiger partial charge in [0.2, 0.25) is 11.8 Å². The van der Waals surface area contributed by atoms with Crippen LogP contribution in [0.15, 0.2) is 52.9 Å². The summed E-state index contributed by atoms with van der Waals surface area (Å²) in [6.07, 6.45) is 0. The molecular formula is C18H17F2N3O. The number of aromatic nitrogens is 2. The molecule has 0 amide bonds. The normalized spacial score (nSPS) is 12.5. The summed E-state index contributed by atoms with van der Waals surface area (Å²) in [6.45, 7) is 2.31. The molecule has 2 aromatic carbocycles. The van der Waals surface area contributed by atoms with Crippen molar-refractivity contribution in [3.05, 3.63) is 71.6 Å². The summed E-state index contributed by atoms with van der Waals surface area (Å²) in [5.41, 5.74) is 1.53. The Morgan fingerprint density at radius 2 is 1.79 bits per heavy atom. The molecule has 1 atom stereocenters. The molecule has 6 heteroatoms. The first-order valence-electron chi connectivity index (χ1n) is 7.57. The summed E-state index contributed by atoms with van der Waals surface area (Å²) >= 11 is 0. The molecule has 0 bridgehead atoms. The molecule has 0 fully saturated rings. The standard InChI is InChI=1S/C18H17F2N3O/c1-12(14-8-9-15(19)16(20)10-14)23(2)11-17-21-22-18(24-17)13-6-4-3-5-7-13/h3-10,12H,11H2,1-2H3. The Bertz CT molecular complexity index is 820. The lowest BCUT2D eigenvalue weighted by molar-refractivity contribution is 0.228. The fraction of sp³-hybridized carbons (Fsp3) is 0.222. The highest BCUT2D eigenvalue weighted by molar-refractivity contribution is 5.51. The molecule has 0 aliphatic rings. The van der Waals surface area contributed by atoms with Gasteiger partial charge in [0.25, 0.3) is 0 Å². The third kappa shape index (κ3) is 3.49. The van der Waals surface area contributed by atoms with Crippen LogP contribution in [0.4, 0.5) is 8.78 Å². The van der Waals surface area contributed by atoms with E-state index in [9.17, 15) is 8.78 Å². The summed E-state index contributed by atoms with van der Waals surface area (Å²) in [6, 6.07) is 13.3. The summed E-state index contributed by atoms with van der Waals surface area (Å²) in [7, 11) is 1.86. The van der Waals surface area contributed by atoms with Gasteiger partial charge in [-0.1, -0.05) is 24.3 Å². The zero-order chi connectivity index (χ0) is 17.1. The highest BCUT2D eigenvalue weighted by Gasteiger charge is 2.17. The number of nitrogens with zero attached hydrogens (tertiary/aromatic N) is 3. The van der Waals surface area contributed by atoms with E-state index in [2.05, 4.69) is 10.2 Å². The Kier molecular flexibility index (Phi) is 4.66. The maximum Gasteiger partial charge on any atom is 0.247 e. The van der Waals surface area contributed by atoms with Gasteiger partial charge in [0.05, 0.1) is 6.54 Å². The van der Waals surface area contributed by atoms with Gasteiger partial charge in [0.15, 0.2) is 11.6 Å². The van der Waals surface area contributed by atoms with Gasteiger partial charge >= 0.3 is 0 Å². The van der Waals surface area contributed by atoms with Gasteiger partial charge in [0.1, 0.15) is 0 Å². The maximum absolute atomic E-state index is 13.4. The number of hydrogen-bond donors (Lipinski definition) is 0. The van der Waals surface area contributed by atoms with Crippen molar-refractivity contribution in [1.82, 2.24) is 15.1 Å². The van der Waals surface area contributed by atoms with E-state index in [0.29, 0.717) is 23.9 Å². The molecule has 1 unspecified atom stereocenters. The van der Waals surface area contributed by atoms with Crippen LogP contribution in [0.1, 0.15) is 24.4 Å². The van der Waals surface area contributed by atoms with Gasteiger partial charge in [-0.3, -0.25) is 4.90 Å². The van der Waals surface area contributed by atoms with Gasteiger partial charge in [-0.05, 0) is 43.8 Å². The SMILES string of the molecule is CC(c1ccc(F)c(F)c1)N(C)Cc1nnc(-c2ccccc2)o1. The molecule has 1 heterocycles. The van der Waals surface area contributed by atoms with Crippen LogP contribution in [0.5, 0.6) is 0 Å². The summed E-state index contributed by atoms with van der Waals surface area (Å²) in [5, 5.41) is 8.09. The third-order valence-corrected chi connectivity index (χ3v) is 3.96. The lowest BCUT2D eigenvalue weighted by Crippen LogP contribution is -2.22. The minimum Gasteiger partial charge on any atom is -0.419 e. The van der Waals surface area contributed by atoms with E-state index in [1.54, 1.807) is 6.07 Å². The molecule has 3 aromatic rings. The largest absolute Gasteiger partial charge is 0.419 e. The van der Waals surface area contributed by atoms with Crippen LogP contribution < -0.4 is 0 Å². The van der Waals surface area contributed by atoms with Crippen molar-refractivity contribution >= 4 is 0 Å². The lowest BCUT2D eigenvalue weighted by atomic mass is 10.1. The zero-order valence-electron chi connectivity index (χ0n) is 13.4. The molecule has 1 aromatic heterocycles.